The Morgan fingerprint density at radius 1 is 1.15 bits per heavy atom. The number of methoxy groups -OCH3 is 1. The van der Waals surface area contributed by atoms with Gasteiger partial charge in [0.15, 0.2) is 8.32 Å². The molecule has 0 radical (unpaired) electrons. The molecule has 2 nitrogen and oxygen atoms in total. The number of ether oxygens (including phenoxy) is 1. The van der Waals surface area contributed by atoms with Crippen molar-refractivity contribution in [1.82, 2.24) is 0 Å². The molecule has 20 heavy (non-hydrogen) atoms. The van der Waals surface area contributed by atoms with E-state index in [9.17, 15) is 0 Å². The maximum atomic E-state index is 6.49. The van der Waals surface area contributed by atoms with Gasteiger partial charge in [-0.25, -0.2) is 0 Å². The Balaban J connectivity index is 2.01. The predicted octanol–water partition coefficient (Wildman–Crippen LogP) is 4.63. The van der Waals surface area contributed by atoms with Crippen molar-refractivity contribution in [2.24, 2.45) is 17.8 Å². The molecule has 0 aromatic heterocycles. The Labute approximate surface area is 126 Å². The molecule has 2 rings (SSSR count). The van der Waals surface area contributed by atoms with Crippen LogP contribution in [0.1, 0.15) is 40.0 Å². The van der Waals surface area contributed by atoms with E-state index in [0.717, 1.165) is 18.4 Å². The third-order valence-corrected chi connectivity index (χ3v) is 10.4. The minimum atomic E-state index is -1.64. The van der Waals surface area contributed by atoms with Crippen LogP contribution < -0.4 is 0 Å². The van der Waals surface area contributed by atoms with Gasteiger partial charge in [0, 0.05) is 19.6 Å². The van der Waals surface area contributed by atoms with Crippen molar-refractivity contribution in [3.63, 3.8) is 0 Å². The second kappa shape index (κ2) is 5.94. The van der Waals surface area contributed by atoms with Crippen LogP contribution in [0.5, 0.6) is 0 Å². The lowest BCUT2D eigenvalue weighted by Gasteiger charge is -2.38. The van der Waals surface area contributed by atoms with Crippen molar-refractivity contribution in [3.8, 4) is 0 Å². The van der Waals surface area contributed by atoms with Gasteiger partial charge in [0.05, 0.1) is 6.10 Å². The van der Waals surface area contributed by atoms with E-state index in [-0.39, 0.29) is 0 Å². The van der Waals surface area contributed by atoms with Gasteiger partial charge in [0.25, 0.3) is 0 Å². The lowest BCUT2D eigenvalue weighted by atomic mass is 9.82. The van der Waals surface area contributed by atoms with E-state index in [4.69, 9.17) is 9.16 Å². The minimum Gasteiger partial charge on any atom is -0.416 e. The normalized spacial score (nSPS) is 34.3. The van der Waals surface area contributed by atoms with E-state index in [2.05, 4.69) is 46.0 Å². The molecule has 3 heteroatoms. The van der Waals surface area contributed by atoms with Gasteiger partial charge in [-0.05, 0) is 49.2 Å². The molecule has 1 fully saturated rings. The summed E-state index contributed by atoms with van der Waals surface area (Å²) in [5.41, 5.74) is 0. The highest BCUT2D eigenvalue weighted by atomic mass is 28.4. The van der Waals surface area contributed by atoms with Gasteiger partial charge in [0.2, 0.25) is 0 Å². The summed E-state index contributed by atoms with van der Waals surface area (Å²) in [6, 6.07) is 0. The van der Waals surface area contributed by atoms with Gasteiger partial charge in [0.1, 0.15) is 0 Å². The average molecular weight is 297 g/mol. The van der Waals surface area contributed by atoms with Crippen molar-refractivity contribution in [3.05, 3.63) is 12.2 Å². The van der Waals surface area contributed by atoms with E-state index < -0.39 is 8.32 Å². The van der Waals surface area contributed by atoms with Crippen LogP contribution in [0.25, 0.3) is 0 Å². The van der Waals surface area contributed by atoms with E-state index in [0.29, 0.717) is 17.1 Å². The highest BCUT2D eigenvalue weighted by Crippen LogP contribution is 2.46. The highest BCUT2D eigenvalue weighted by Gasteiger charge is 2.45. The zero-order chi connectivity index (χ0) is 15.0. The van der Waals surface area contributed by atoms with Crippen LogP contribution in [0.15, 0.2) is 12.2 Å². The largest absolute Gasteiger partial charge is 0.416 e. The molecular formula is C17H32O2Si. The van der Waals surface area contributed by atoms with Crippen LogP contribution in [0, 0.1) is 17.8 Å². The lowest BCUT2D eigenvalue weighted by molar-refractivity contribution is 0.0357. The Morgan fingerprint density at radius 3 is 2.40 bits per heavy atom. The molecule has 0 bridgehead atoms. The van der Waals surface area contributed by atoms with Crippen molar-refractivity contribution in [2.75, 3.05) is 13.7 Å². The summed E-state index contributed by atoms with van der Waals surface area (Å²) in [6.07, 6.45) is 8.78. The standard InChI is InChI=1S/C17H32O2Si/c1-17(2,3)20(5,6)19-12-15-14-10-8-7-9-13(14)11-16(15)18-4/h7-8,13-16H,9-12H2,1-6H3/t13-,14-,15-,16+/m1/s1. The molecule has 0 aromatic carbocycles. The molecule has 0 heterocycles. The maximum Gasteiger partial charge on any atom is 0.191 e. The van der Waals surface area contributed by atoms with E-state index >= 15 is 0 Å². The van der Waals surface area contributed by atoms with Crippen LogP contribution in [0.2, 0.25) is 18.1 Å². The molecular weight excluding hydrogens is 264 g/mol. The summed E-state index contributed by atoms with van der Waals surface area (Å²) in [5.74, 6) is 2.18. The molecule has 0 saturated heterocycles. The number of rotatable bonds is 4. The number of hydrogen-bond donors (Lipinski definition) is 0. The van der Waals surface area contributed by atoms with Crippen molar-refractivity contribution < 1.29 is 9.16 Å². The molecule has 2 aliphatic carbocycles. The first-order chi connectivity index (χ1) is 9.26. The fourth-order valence-electron chi connectivity index (χ4n) is 3.46. The molecule has 4 atom stereocenters. The Morgan fingerprint density at radius 2 is 1.80 bits per heavy atom. The van der Waals surface area contributed by atoms with Crippen LogP contribution in [0.3, 0.4) is 0 Å². The van der Waals surface area contributed by atoms with Gasteiger partial charge in [-0.15, -0.1) is 0 Å². The first-order valence-electron chi connectivity index (χ1n) is 8.08. The van der Waals surface area contributed by atoms with Crippen molar-refractivity contribution in [2.45, 2.75) is 64.3 Å². The Hall–Kier alpha value is -0.123. The van der Waals surface area contributed by atoms with Crippen LogP contribution in [0.4, 0.5) is 0 Å². The summed E-state index contributed by atoms with van der Waals surface area (Å²) in [4.78, 5) is 0. The Kier molecular flexibility index (Phi) is 4.82. The zero-order valence-electron chi connectivity index (χ0n) is 14.1. The summed E-state index contributed by atoms with van der Waals surface area (Å²) in [7, 11) is 0.225. The van der Waals surface area contributed by atoms with Crippen molar-refractivity contribution >= 4 is 8.32 Å². The third-order valence-electron chi connectivity index (χ3n) is 5.93. The maximum absolute atomic E-state index is 6.49. The van der Waals surface area contributed by atoms with Crippen LogP contribution >= 0.6 is 0 Å². The van der Waals surface area contributed by atoms with Crippen molar-refractivity contribution in [1.29, 1.82) is 0 Å². The van der Waals surface area contributed by atoms with Crippen LogP contribution in [-0.4, -0.2) is 28.1 Å². The zero-order valence-corrected chi connectivity index (χ0v) is 15.1. The molecule has 0 spiro atoms. The lowest BCUT2D eigenvalue weighted by Crippen LogP contribution is -2.43. The average Bonchev–Trinajstić information content (AvgIpc) is 2.73. The highest BCUT2D eigenvalue weighted by molar-refractivity contribution is 6.74. The molecule has 0 aliphatic heterocycles. The summed E-state index contributed by atoms with van der Waals surface area (Å²) in [6.45, 7) is 12.5. The Bertz CT molecular complexity index is 356. The van der Waals surface area contributed by atoms with Gasteiger partial charge >= 0.3 is 0 Å². The smallest absolute Gasteiger partial charge is 0.191 e. The molecule has 0 N–H and O–H groups in total. The number of hydrogen-bond acceptors (Lipinski definition) is 2. The van der Waals surface area contributed by atoms with E-state index in [1.807, 2.05) is 7.11 Å². The second-order valence-corrected chi connectivity index (χ2v) is 12.9. The van der Waals surface area contributed by atoms with Gasteiger partial charge in [-0.1, -0.05) is 32.9 Å². The SMILES string of the molecule is CO[C@H]1C[C@H]2CC=CC[C@H]2[C@H]1CO[Si](C)(C)C(C)(C)C. The quantitative estimate of drug-likeness (QED) is 0.556. The summed E-state index contributed by atoms with van der Waals surface area (Å²) >= 11 is 0. The molecule has 2 aliphatic rings. The van der Waals surface area contributed by atoms with E-state index in [1.54, 1.807) is 0 Å². The molecule has 0 amide bonds. The topological polar surface area (TPSA) is 18.5 Å². The molecule has 0 aromatic rings. The summed E-state index contributed by atoms with van der Waals surface area (Å²) in [5, 5.41) is 0.292. The molecule has 116 valence electrons. The number of allylic oxidation sites excluding steroid dienone is 2. The number of fused-ring (bicyclic) bond motifs is 1. The minimum absolute atomic E-state index is 0.292. The summed E-state index contributed by atoms with van der Waals surface area (Å²) < 4.78 is 12.3. The fourth-order valence-corrected chi connectivity index (χ4v) is 4.50. The molecule has 0 unspecified atom stereocenters. The van der Waals surface area contributed by atoms with Gasteiger partial charge in [-0.2, -0.15) is 0 Å². The van der Waals surface area contributed by atoms with Gasteiger partial charge in [-0.3, -0.25) is 0 Å². The van der Waals surface area contributed by atoms with Crippen LogP contribution in [-0.2, 0) is 9.16 Å². The third kappa shape index (κ3) is 3.20. The monoisotopic (exact) mass is 296 g/mol. The van der Waals surface area contributed by atoms with Gasteiger partial charge < -0.3 is 9.16 Å². The first kappa shape index (κ1) is 16.3. The predicted molar refractivity (Wildman–Crippen MR) is 87.4 cm³/mol. The molecule has 1 saturated carbocycles. The second-order valence-electron chi connectivity index (χ2n) is 8.11. The van der Waals surface area contributed by atoms with E-state index in [1.165, 1.54) is 19.3 Å². The first-order valence-corrected chi connectivity index (χ1v) is 11.0. The fraction of sp³-hybridized carbons (Fsp3) is 0.882.